The van der Waals surface area contributed by atoms with E-state index in [0.29, 0.717) is 17.1 Å². The fraction of sp³-hybridized carbons (Fsp3) is 0.250. The molecule has 1 heterocycles. The van der Waals surface area contributed by atoms with Crippen molar-refractivity contribution >= 4 is 43.0 Å². The van der Waals surface area contributed by atoms with Crippen molar-refractivity contribution in [3.8, 4) is 0 Å². The van der Waals surface area contributed by atoms with Crippen molar-refractivity contribution < 1.29 is 13.2 Å². The molecule has 0 aliphatic rings. The summed E-state index contributed by atoms with van der Waals surface area (Å²) < 4.78 is 26.2. The van der Waals surface area contributed by atoms with Crippen molar-refractivity contribution in [2.75, 3.05) is 17.1 Å². The van der Waals surface area contributed by atoms with E-state index in [2.05, 4.69) is 5.32 Å². The molecule has 0 aliphatic heterocycles. The van der Waals surface area contributed by atoms with Gasteiger partial charge in [0.2, 0.25) is 10.0 Å². The molecule has 2 aromatic carbocycles. The van der Waals surface area contributed by atoms with Gasteiger partial charge in [-0.05, 0) is 49.1 Å². The smallest absolute Gasteiger partial charge is 0.261 e. The van der Waals surface area contributed by atoms with Crippen LogP contribution in [0.25, 0.3) is 10.1 Å². The fourth-order valence-corrected chi connectivity index (χ4v) is 4.91. The lowest BCUT2D eigenvalue weighted by molar-refractivity contribution is 0.0944. The van der Waals surface area contributed by atoms with Gasteiger partial charge in [-0.1, -0.05) is 30.3 Å². The summed E-state index contributed by atoms with van der Waals surface area (Å²) in [6, 6.07) is 17.0. The summed E-state index contributed by atoms with van der Waals surface area (Å²) in [5.74, 6) is -0.135. The van der Waals surface area contributed by atoms with Crippen molar-refractivity contribution in [2.45, 2.75) is 19.9 Å². The summed E-state index contributed by atoms with van der Waals surface area (Å²) in [7, 11) is -3.34. The summed E-state index contributed by atoms with van der Waals surface area (Å²) in [6.45, 7) is 4.10. The summed E-state index contributed by atoms with van der Waals surface area (Å²) in [6.07, 6.45) is 1.19. The van der Waals surface area contributed by atoms with Crippen LogP contribution in [0.5, 0.6) is 0 Å². The van der Waals surface area contributed by atoms with Crippen LogP contribution in [0.2, 0.25) is 0 Å². The second kappa shape index (κ2) is 7.70. The zero-order chi connectivity index (χ0) is 19.6. The number of amides is 1. The van der Waals surface area contributed by atoms with Crippen LogP contribution in [-0.2, 0) is 10.0 Å². The van der Waals surface area contributed by atoms with Crippen molar-refractivity contribution in [1.82, 2.24) is 5.32 Å². The lowest BCUT2D eigenvalue weighted by Gasteiger charge is -2.20. The first-order valence-corrected chi connectivity index (χ1v) is 11.3. The van der Waals surface area contributed by atoms with E-state index in [4.69, 9.17) is 0 Å². The molecule has 1 unspecified atom stereocenters. The highest BCUT2D eigenvalue weighted by Gasteiger charge is 2.18. The second-order valence-corrected chi connectivity index (χ2v) is 9.36. The SMILES string of the molecule is CCN(c1ccc2sc(C(=O)NC(C)c3ccccc3)cc2c1)S(C)(=O)=O. The third-order valence-electron chi connectivity index (χ3n) is 4.35. The topological polar surface area (TPSA) is 66.5 Å². The number of carbonyl (C=O) groups excluding carboxylic acids is 1. The Morgan fingerprint density at radius 3 is 2.48 bits per heavy atom. The molecule has 1 aromatic heterocycles. The molecule has 3 rings (SSSR count). The number of carbonyl (C=O) groups is 1. The molecular weight excluding hydrogens is 380 g/mol. The Labute approximate surface area is 163 Å². The Kier molecular flexibility index (Phi) is 5.53. The number of rotatable bonds is 6. The van der Waals surface area contributed by atoms with Gasteiger partial charge in [-0.3, -0.25) is 9.10 Å². The van der Waals surface area contributed by atoms with Crippen LogP contribution >= 0.6 is 11.3 Å². The lowest BCUT2D eigenvalue weighted by atomic mass is 10.1. The highest BCUT2D eigenvalue weighted by Crippen LogP contribution is 2.30. The molecule has 27 heavy (non-hydrogen) atoms. The van der Waals surface area contributed by atoms with Gasteiger partial charge in [-0.2, -0.15) is 0 Å². The normalized spacial score (nSPS) is 12.7. The fourth-order valence-electron chi connectivity index (χ4n) is 3.00. The maximum atomic E-state index is 12.6. The zero-order valence-corrected chi connectivity index (χ0v) is 17.1. The monoisotopic (exact) mass is 402 g/mol. The Hall–Kier alpha value is -2.38. The molecule has 0 saturated carbocycles. The maximum Gasteiger partial charge on any atom is 0.261 e. The van der Waals surface area contributed by atoms with Crippen molar-refractivity contribution in [1.29, 1.82) is 0 Å². The molecule has 7 heteroatoms. The van der Waals surface area contributed by atoms with Gasteiger partial charge >= 0.3 is 0 Å². The highest BCUT2D eigenvalue weighted by molar-refractivity contribution is 7.92. The van der Waals surface area contributed by atoms with Crippen molar-refractivity contribution in [2.24, 2.45) is 0 Å². The lowest BCUT2D eigenvalue weighted by Crippen LogP contribution is -2.29. The summed E-state index contributed by atoms with van der Waals surface area (Å²) in [5.41, 5.74) is 1.65. The molecule has 1 N–H and O–H groups in total. The minimum absolute atomic E-state index is 0.0970. The Morgan fingerprint density at radius 2 is 1.85 bits per heavy atom. The molecular formula is C20H22N2O3S2. The number of sulfonamides is 1. The van der Waals surface area contributed by atoms with Gasteiger partial charge < -0.3 is 5.32 Å². The highest BCUT2D eigenvalue weighted by atomic mass is 32.2. The van der Waals surface area contributed by atoms with Crippen LogP contribution in [0.3, 0.4) is 0 Å². The Balaban J connectivity index is 1.85. The largest absolute Gasteiger partial charge is 0.345 e. The van der Waals surface area contributed by atoms with Gasteiger partial charge in [0.1, 0.15) is 0 Å². The number of nitrogens with zero attached hydrogens (tertiary/aromatic N) is 1. The van der Waals surface area contributed by atoms with Gasteiger partial charge in [0.25, 0.3) is 5.91 Å². The molecule has 0 fully saturated rings. The van der Waals surface area contributed by atoms with Crippen LogP contribution in [0.1, 0.15) is 35.1 Å². The average Bonchev–Trinajstić information content (AvgIpc) is 3.05. The van der Waals surface area contributed by atoms with E-state index in [0.717, 1.165) is 15.6 Å². The predicted octanol–water partition coefficient (Wildman–Crippen LogP) is 4.18. The summed E-state index contributed by atoms with van der Waals surface area (Å²) in [5, 5.41) is 3.87. The van der Waals surface area contributed by atoms with Crippen molar-refractivity contribution in [3.63, 3.8) is 0 Å². The first-order valence-electron chi connectivity index (χ1n) is 8.66. The minimum atomic E-state index is -3.34. The number of thiophene rings is 1. The number of fused-ring (bicyclic) bond motifs is 1. The summed E-state index contributed by atoms with van der Waals surface area (Å²) in [4.78, 5) is 13.2. The van der Waals surface area contributed by atoms with Crippen LogP contribution in [0.15, 0.2) is 54.6 Å². The molecule has 1 amide bonds. The molecule has 0 spiro atoms. The van der Waals surface area contributed by atoms with Gasteiger partial charge in [-0.25, -0.2) is 8.42 Å². The third-order valence-corrected chi connectivity index (χ3v) is 6.73. The van der Waals surface area contributed by atoms with E-state index >= 15 is 0 Å². The van der Waals surface area contributed by atoms with E-state index < -0.39 is 10.0 Å². The van der Waals surface area contributed by atoms with Crippen LogP contribution in [0, 0.1) is 0 Å². The zero-order valence-electron chi connectivity index (χ0n) is 15.5. The van der Waals surface area contributed by atoms with Crippen LogP contribution < -0.4 is 9.62 Å². The van der Waals surface area contributed by atoms with Gasteiger partial charge in [0.05, 0.1) is 22.9 Å². The molecule has 0 saturated heterocycles. The van der Waals surface area contributed by atoms with Gasteiger partial charge in [0, 0.05) is 11.2 Å². The number of hydrogen-bond acceptors (Lipinski definition) is 4. The third kappa shape index (κ3) is 4.31. The maximum absolute atomic E-state index is 12.6. The van der Waals surface area contributed by atoms with E-state index in [-0.39, 0.29) is 11.9 Å². The average molecular weight is 403 g/mol. The Bertz CT molecular complexity index is 1060. The van der Waals surface area contributed by atoms with Gasteiger partial charge in [0.15, 0.2) is 0 Å². The van der Waals surface area contributed by atoms with E-state index in [1.807, 2.05) is 55.5 Å². The van der Waals surface area contributed by atoms with E-state index in [1.54, 1.807) is 13.0 Å². The first kappa shape index (κ1) is 19.4. The quantitative estimate of drug-likeness (QED) is 0.673. The second-order valence-electron chi connectivity index (χ2n) is 6.37. The standard InChI is InChI=1S/C20H22N2O3S2/c1-4-22(27(3,24)25)17-10-11-18-16(12-17)13-19(26-18)20(23)21-14(2)15-8-6-5-7-9-15/h5-14H,4H2,1-3H3,(H,21,23). The van der Waals surface area contributed by atoms with Crippen LogP contribution in [-0.4, -0.2) is 27.1 Å². The molecule has 0 aliphatic carbocycles. The number of benzene rings is 2. The van der Waals surface area contributed by atoms with E-state index in [9.17, 15) is 13.2 Å². The molecule has 3 aromatic rings. The van der Waals surface area contributed by atoms with Gasteiger partial charge in [-0.15, -0.1) is 11.3 Å². The van der Waals surface area contributed by atoms with Crippen molar-refractivity contribution in [3.05, 3.63) is 65.0 Å². The van der Waals surface area contributed by atoms with E-state index in [1.165, 1.54) is 21.9 Å². The molecule has 142 valence electrons. The Morgan fingerprint density at radius 1 is 1.15 bits per heavy atom. The molecule has 0 radical (unpaired) electrons. The predicted molar refractivity (Wildman–Crippen MR) is 112 cm³/mol. The number of hydrogen-bond donors (Lipinski definition) is 1. The number of anilines is 1. The molecule has 0 bridgehead atoms. The van der Waals surface area contributed by atoms with Crippen LogP contribution in [0.4, 0.5) is 5.69 Å². The summed E-state index contributed by atoms with van der Waals surface area (Å²) >= 11 is 1.40. The molecule has 5 nitrogen and oxygen atoms in total. The molecule has 1 atom stereocenters. The number of nitrogens with one attached hydrogen (secondary N) is 1. The minimum Gasteiger partial charge on any atom is -0.345 e. The first-order chi connectivity index (χ1) is 12.8.